The highest BCUT2D eigenvalue weighted by Gasteiger charge is 2.24. The largest absolute Gasteiger partial charge is 0.423 e. The van der Waals surface area contributed by atoms with Crippen LogP contribution in [-0.4, -0.2) is 17.8 Å². The van der Waals surface area contributed by atoms with Gasteiger partial charge in [-0.05, 0) is 60.2 Å². The Morgan fingerprint density at radius 1 is 1.03 bits per heavy atom. The van der Waals surface area contributed by atoms with E-state index in [0.717, 1.165) is 4.47 Å². The number of esters is 2. The third-order valence-corrected chi connectivity index (χ3v) is 4.64. The predicted octanol–water partition coefficient (Wildman–Crippen LogP) is 5.15. The van der Waals surface area contributed by atoms with E-state index >= 15 is 0 Å². The number of nitrogens with zero attached hydrogens (tertiary/aromatic N) is 1. The molecule has 0 fully saturated rings. The third kappa shape index (κ3) is 4.52. The summed E-state index contributed by atoms with van der Waals surface area (Å²) in [4.78, 5) is 28.4. The minimum Gasteiger partial charge on any atom is -0.423 e. The fourth-order valence-corrected chi connectivity index (χ4v) is 3.12. The van der Waals surface area contributed by atoms with Crippen LogP contribution in [0.25, 0.3) is 6.08 Å². The standard InChI is InChI=1S/C23H13BrFNO4/c24-17-5-1-4-16(12-17)22(27)29-19-9-7-14(8-10-19)11-20-23(28)30-21(26-20)15-3-2-6-18(25)13-15/h1-13H/b20-11+. The van der Waals surface area contributed by atoms with E-state index in [1.54, 1.807) is 48.5 Å². The number of hydrogen-bond acceptors (Lipinski definition) is 5. The number of carbonyl (C=O) groups excluding carboxylic acids is 2. The molecule has 0 radical (unpaired) electrons. The summed E-state index contributed by atoms with van der Waals surface area (Å²) in [5, 5.41) is 0. The van der Waals surface area contributed by atoms with Crippen molar-refractivity contribution in [1.82, 2.24) is 0 Å². The van der Waals surface area contributed by atoms with Gasteiger partial charge in [-0.3, -0.25) is 0 Å². The summed E-state index contributed by atoms with van der Waals surface area (Å²) in [6, 6.07) is 19.1. The summed E-state index contributed by atoms with van der Waals surface area (Å²) in [6.07, 6.45) is 1.54. The van der Waals surface area contributed by atoms with Gasteiger partial charge in [-0.25, -0.2) is 19.0 Å². The molecule has 1 aliphatic heterocycles. The average molecular weight is 466 g/mol. The first-order valence-electron chi connectivity index (χ1n) is 8.84. The van der Waals surface area contributed by atoms with Crippen molar-refractivity contribution in [2.75, 3.05) is 0 Å². The highest BCUT2D eigenvalue weighted by molar-refractivity contribution is 9.10. The van der Waals surface area contributed by atoms with Crippen molar-refractivity contribution in [1.29, 1.82) is 0 Å². The summed E-state index contributed by atoms with van der Waals surface area (Å²) >= 11 is 3.31. The number of carbonyl (C=O) groups is 2. The molecular weight excluding hydrogens is 453 g/mol. The Morgan fingerprint density at radius 2 is 1.80 bits per heavy atom. The molecule has 3 aromatic rings. The number of hydrogen-bond donors (Lipinski definition) is 0. The number of rotatable bonds is 4. The van der Waals surface area contributed by atoms with Crippen LogP contribution in [0.4, 0.5) is 4.39 Å². The highest BCUT2D eigenvalue weighted by atomic mass is 79.9. The van der Waals surface area contributed by atoms with Gasteiger partial charge >= 0.3 is 11.9 Å². The van der Waals surface area contributed by atoms with Gasteiger partial charge in [-0.1, -0.05) is 40.2 Å². The zero-order chi connectivity index (χ0) is 21.1. The first-order chi connectivity index (χ1) is 14.5. The van der Waals surface area contributed by atoms with Crippen LogP contribution in [0.15, 0.2) is 88.0 Å². The summed E-state index contributed by atoms with van der Waals surface area (Å²) in [6.45, 7) is 0. The molecule has 0 amide bonds. The Morgan fingerprint density at radius 3 is 2.53 bits per heavy atom. The lowest BCUT2D eigenvalue weighted by Gasteiger charge is -2.05. The van der Waals surface area contributed by atoms with Crippen LogP contribution in [0.1, 0.15) is 21.5 Å². The lowest BCUT2D eigenvalue weighted by atomic mass is 10.2. The molecule has 7 heteroatoms. The zero-order valence-corrected chi connectivity index (χ0v) is 16.9. The maximum atomic E-state index is 13.4. The second-order valence-electron chi connectivity index (χ2n) is 6.32. The molecule has 0 bridgehead atoms. The van der Waals surface area contributed by atoms with Gasteiger partial charge in [-0.15, -0.1) is 0 Å². The summed E-state index contributed by atoms with van der Waals surface area (Å²) in [7, 11) is 0. The number of ether oxygens (including phenoxy) is 2. The molecule has 0 atom stereocenters. The number of halogens is 2. The first-order valence-corrected chi connectivity index (χ1v) is 9.63. The topological polar surface area (TPSA) is 65.0 Å². The van der Waals surface area contributed by atoms with E-state index in [-0.39, 0.29) is 11.6 Å². The SMILES string of the molecule is O=C1OC(c2cccc(F)c2)=N/C1=C/c1ccc(OC(=O)c2cccc(Br)c2)cc1. The Balaban J connectivity index is 1.49. The van der Waals surface area contributed by atoms with E-state index in [2.05, 4.69) is 20.9 Å². The monoisotopic (exact) mass is 465 g/mol. The van der Waals surface area contributed by atoms with Crippen LogP contribution in [0.3, 0.4) is 0 Å². The number of aliphatic imine (C=N–C) groups is 1. The molecular formula is C23H13BrFNO4. The van der Waals surface area contributed by atoms with Crippen LogP contribution < -0.4 is 4.74 Å². The fourth-order valence-electron chi connectivity index (χ4n) is 2.73. The smallest absolute Gasteiger partial charge is 0.363 e. The van der Waals surface area contributed by atoms with Gasteiger partial charge in [0.05, 0.1) is 5.56 Å². The minimum atomic E-state index is -0.626. The number of cyclic esters (lactones) is 1. The van der Waals surface area contributed by atoms with Crippen LogP contribution >= 0.6 is 15.9 Å². The van der Waals surface area contributed by atoms with E-state index in [9.17, 15) is 14.0 Å². The van der Waals surface area contributed by atoms with Crippen LogP contribution in [0.2, 0.25) is 0 Å². The molecule has 3 aromatic carbocycles. The van der Waals surface area contributed by atoms with E-state index in [1.165, 1.54) is 24.3 Å². The van der Waals surface area contributed by atoms with Gasteiger partial charge in [0.25, 0.3) is 0 Å². The summed E-state index contributed by atoms with van der Waals surface area (Å²) in [5.41, 5.74) is 1.55. The summed E-state index contributed by atoms with van der Waals surface area (Å²) in [5.74, 6) is -1.15. The first kappa shape index (κ1) is 19.7. The van der Waals surface area contributed by atoms with Gasteiger partial charge in [-0.2, -0.15) is 0 Å². The van der Waals surface area contributed by atoms with E-state index in [4.69, 9.17) is 9.47 Å². The molecule has 0 aromatic heterocycles. The molecule has 30 heavy (non-hydrogen) atoms. The van der Waals surface area contributed by atoms with E-state index < -0.39 is 17.8 Å². The van der Waals surface area contributed by atoms with Crippen molar-refractivity contribution in [3.63, 3.8) is 0 Å². The molecule has 4 rings (SSSR count). The van der Waals surface area contributed by atoms with E-state index in [1.807, 2.05) is 6.07 Å². The molecule has 0 spiro atoms. The van der Waals surface area contributed by atoms with Gasteiger partial charge in [0.15, 0.2) is 5.70 Å². The molecule has 0 unspecified atom stereocenters. The van der Waals surface area contributed by atoms with Gasteiger partial charge < -0.3 is 9.47 Å². The van der Waals surface area contributed by atoms with Crippen LogP contribution in [0, 0.1) is 5.82 Å². The minimum absolute atomic E-state index is 0.0466. The fraction of sp³-hybridized carbons (Fsp3) is 0. The molecule has 0 N–H and O–H groups in total. The molecule has 0 saturated carbocycles. The lowest BCUT2D eigenvalue weighted by molar-refractivity contribution is -0.129. The van der Waals surface area contributed by atoms with Crippen molar-refractivity contribution in [2.45, 2.75) is 0 Å². The quantitative estimate of drug-likeness (QED) is 0.303. The van der Waals surface area contributed by atoms with E-state index in [0.29, 0.717) is 22.4 Å². The van der Waals surface area contributed by atoms with Crippen molar-refractivity contribution < 1.29 is 23.5 Å². The second-order valence-corrected chi connectivity index (χ2v) is 7.23. The molecule has 0 saturated heterocycles. The zero-order valence-electron chi connectivity index (χ0n) is 15.3. The van der Waals surface area contributed by atoms with Crippen LogP contribution in [0.5, 0.6) is 5.75 Å². The predicted molar refractivity (Wildman–Crippen MR) is 113 cm³/mol. The van der Waals surface area contributed by atoms with Gasteiger partial charge in [0.1, 0.15) is 11.6 Å². The van der Waals surface area contributed by atoms with Crippen LogP contribution in [-0.2, 0) is 9.53 Å². The van der Waals surface area contributed by atoms with Crippen molar-refractivity contribution in [3.05, 3.63) is 105 Å². The Bertz CT molecular complexity index is 1200. The highest BCUT2D eigenvalue weighted by Crippen LogP contribution is 2.22. The Labute approximate surface area is 179 Å². The Kier molecular flexibility index (Phi) is 5.54. The normalized spacial score (nSPS) is 14.4. The third-order valence-electron chi connectivity index (χ3n) is 4.15. The molecule has 1 heterocycles. The number of benzene rings is 3. The van der Waals surface area contributed by atoms with Crippen molar-refractivity contribution in [2.24, 2.45) is 4.99 Å². The van der Waals surface area contributed by atoms with Gasteiger partial charge in [0, 0.05) is 10.0 Å². The second kappa shape index (κ2) is 8.42. The van der Waals surface area contributed by atoms with Crippen molar-refractivity contribution in [3.8, 4) is 5.75 Å². The molecule has 148 valence electrons. The molecule has 1 aliphatic rings. The molecule has 0 aliphatic carbocycles. The Hall–Kier alpha value is -3.58. The maximum Gasteiger partial charge on any atom is 0.363 e. The van der Waals surface area contributed by atoms with Gasteiger partial charge in [0.2, 0.25) is 5.90 Å². The lowest BCUT2D eigenvalue weighted by Crippen LogP contribution is -2.08. The van der Waals surface area contributed by atoms with Crippen molar-refractivity contribution >= 4 is 39.8 Å². The summed E-state index contributed by atoms with van der Waals surface area (Å²) < 4.78 is 24.6. The molecule has 5 nitrogen and oxygen atoms in total. The maximum absolute atomic E-state index is 13.4. The average Bonchev–Trinajstić information content (AvgIpc) is 3.10.